The first-order valence-electron chi connectivity index (χ1n) is 6.51. The Kier molecular flexibility index (Phi) is 4.78. The molecule has 0 unspecified atom stereocenters. The molecular weight excluding hydrogens is 352 g/mol. The van der Waals surface area contributed by atoms with Crippen LogP contribution in [0.5, 0.6) is 5.75 Å². The van der Waals surface area contributed by atoms with Gasteiger partial charge in [-0.3, -0.25) is 4.79 Å². The monoisotopic (exact) mass is 368 g/mol. The summed E-state index contributed by atoms with van der Waals surface area (Å²) in [5, 5.41) is 4.11. The van der Waals surface area contributed by atoms with Gasteiger partial charge in [-0.05, 0) is 45.2 Å². The minimum atomic E-state index is -0.182. The van der Waals surface area contributed by atoms with Crippen molar-refractivity contribution in [1.82, 2.24) is 9.59 Å². The molecule has 0 saturated carbocycles. The van der Waals surface area contributed by atoms with Crippen molar-refractivity contribution < 1.29 is 9.53 Å². The third-order valence-corrected chi connectivity index (χ3v) is 4.42. The number of carbonyl (C=O) groups excluding carboxylic acids is 1. The Hall–Kier alpha value is -1.27. The molecule has 0 spiro atoms. The molecule has 1 heterocycles. The molecule has 4 nitrogen and oxygen atoms in total. The highest BCUT2D eigenvalue weighted by molar-refractivity contribution is 9.10. The Bertz CT molecular complexity index is 662. The van der Waals surface area contributed by atoms with Crippen molar-refractivity contribution in [2.24, 2.45) is 0 Å². The van der Waals surface area contributed by atoms with Gasteiger partial charge in [0.25, 0.3) is 0 Å². The normalized spacial score (nSPS) is 11.5. The molecule has 0 fully saturated rings. The maximum absolute atomic E-state index is 12.5. The van der Waals surface area contributed by atoms with E-state index < -0.39 is 0 Å². The number of halogens is 1. The fraction of sp³-hybridized carbons (Fsp3) is 0.400. The topological polar surface area (TPSA) is 52.1 Å². The van der Waals surface area contributed by atoms with Crippen molar-refractivity contribution in [2.75, 3.05) is 7.11 Å². The number of ketones is 1. The zero-order valence-corrected chi connectivity index (χ0v) is 14.8. The smallest absolute Gasteiger partial charge is 0.180 e. The molecule has 112 valence electrons. The van der Waals surface area contributed by atoms with Crippen LogP contribution in [-0.4, -0.2) is 22.5 Å². The summed E-state index contributed by atoms with van der Waals surface area (Å²) in [5.41, 5.74) is 1.52. The molecule has 0 aliphatic rings. The van der Waals surface area contributed by atoms with Crippen LogP contribution >= 0.6 is 27.5 Å². The summed E-state index contributed by atoms with van der Waals surface area (Å²) in [6.45, 7) is 6.10. The molecule has 0 aliphatic heterocycles. The van der Waals surface area contributed by atoms with Gasteiger partial charge in [0.1, 0.15) is 10.6 Å². The van der Waals surface area contributed by atoms with Gasteiger partial charge in [-0.15, -0.1) is 5.10 Å². The van der Waals surface area contributed by atoms with E-state index >= 15 is 0 Å². The van der Waals surface area contributed by atoms with E-state index in [1.165, 1.54) is 11.5 Å². The van der Waals surface area contributed by atoms with E-state index in [1.54, 1.807) is 7.11 Å². The zero-order valence-electron chi connectivity index (χ0n) is 12.4. The highest BCUT2D eigenvalue weighted by atomic mass is 79.9. The van der Waals surface area contributed by atoms with E-state index in [9.17, 15) is 4.79 Å². The number of hydrogen-bond donors (Lipinski definition) is 0. The molecule has 6 heteroatoms. The van der Waals surface area contributed by atoms with Crippen molar-refractivity contribution in [2.45, 2.75) is 32.6 Å². The molecule has 1 aromatic carbocycles. The predicted molar refractivity (Wildman–Crippen MR) is 87.3 cm³/mol. The lowest BCUT2D eigenvalue weighted by atomic mass is 9.90. The summed E-state index contributed by atoms with van der Waals surface area (Å²) < 4.78 is 9.97. The van der Waals surface area contributed by atoms with Crippen LogP contribution < -0.4 is 4.74 Å². The summed E-state index contributed by atoms with van der Waals surface area (Å²) in [6, 6.07) is 5.65. The Labute approximate surface area is 136 Å². The van der Waals surface area contributed by atoms with Crippen LogP contribution in [-0.2, 0) is 11.8 Å². The number of rotatable bonds is 4. The number of benzene rings is 1. The Morgan fingerprint density at radius 3 is 2.67 bits per heavy atom. The van der Waals surface area contributed by atoms with Crippen LogP contribution in [0.15, 0.2) is 22.7 Å². The second-order valence-corrected chi connectivity index (χ2v) is 7.38. The molecule has 0 bridgehead atoms. The lowest BCUT2D eigenvalue weighted by molar-refractivity contribution is 0.0994. The molecule has 0 amide bonds. The fourth-order valence-corrected chi connectivity index (χ4v) is 3.35. The number of methoxy groups -OCH3 is 1. The SMILES string of the molecule is COc1ccc(CC(=O)c2snnc2C(C)(C)C)cc1Br. The maximum Gasteiger partial charge on any atom is 0.180 e. The van der Waals surface area contributed by atoms with Crippen molar-refractivity contribution in [3.05, 3.63) is 38.8 Å². The molecule has 0 aliphatic carbocycles. The number of hydrogen-bond acceptors (Lipinski definition) is 5. The highest BCUT2D eigenvalue weighted by Gasteiger charge is 2.26. The number of aromatic nitrogens is 2. The summed E-state index contributed by atoms with van der Waals surface area (Å²) in [7, 11) is 1.61. The molecule has 21 heavy (non-hydrogen) atoms. The highest BCUT2D eigenvalue weighted by Crippen LogP contribution is 2.29. The summed E-state index contributed by atoms with van der Waals surface area (Å²) in [5.74, 6) is 0.799. The number of carbonyl (C=O) groups is 1. The van der Waals surface area contributed by atoms with Crippen LogP contribution in [0.3, 0.4) is 0 Å². The number of nitrogens with zero attached hydrogens (tertiary/aromatic N) is 2. The van der Waals surface area contributed by atoms with Crippen LogP contribution in [0, 0.1) is 0 Å². The van der Waals surface area contributed by atoms with Crippen molar-refractivity contribution in [3.63, 3.8) is 0 Å². The van der Waals surface area contributed by atoms with Crippen LogP contribution in [0.25, 0.3) is 0 Å². The molecule has 0 saturated heterocycles. The van der Waals surface area contributed by atoms with E-state index in [2.05, 4.69) is 25.5 Å². The summed E-state index contributed by atoms with van der Waals surface area (Å²) in [6.07, 6.45) is 0.329. The second-order valence-electron chi connectivity index (χ2n) is 5.77. The predicted octanol–water partition coefficient (Wildman–Crippen LogP) is 4.03. The van der Waals surface area contributed by atoms with Gasteiger partial charge in [0, 0.05) is 11.8 Å². The van der Waals surface area contributed by atoms with Gasteiger partial charge in [-0.25, -0.2) is 0 Å². The third kappa shape index (κ3) is 3.68. The van der Waals surface area contributed by atoms with E-state index in [4.69, 9.17) is 4.74 Å². The zero-order chi connectivity index (χ0) is 15.6. The molecule has 0 atom stereocenters. The van der Waals surface area contributed by atoms with Gasteiger partial charge in [0.15, 0.2) is 5.78 Å². The van der Waals surface area contributed by atoms with Gasteiger partial charge >= 0.3 is 0 Å². The van der Waals surface area contributed by atoms with Gasteiger partial charge in [-0.1, -0.05) is 31.3 Å². The van der Waals surface area contributed by atoms with Crippen molar-refractivity contribution in [1.29, 1.82) is 0 Å². The van der Waals surface area contributed by atoms with E-state index in [0.29, 0.717) is 11.3 Å². The van der Waals surface area contributed by atoms with E-state index in [0.717, 1.165) is 21.5 Å². The average Bonchev–Trinajstić information content (AvgIpc) is 2.88. The first kappa shape index (κ1) is 16.1. The quantitative estimate of drug-likeness (QED) is 0.764. The minimum Gasteiger partial charge on any atom is -0.496 e. The fourth-order valence-electron chi connectivity index (χ4n) is 1.95. The lowest BCUT2D eigenvalue weighted by Crippen LogP contribution is -2.17. The Morgan fingerprint density at radius 1 is 1.38 bits per heavy atom. The van der Waals surface area contributed by atoms with Crippen LogP contribution in [0.2, 0.25) is 0 Å². The molecule has 2 aromatic rings. The van der Waals surface area contributed by atoms with Crippen LogP contribution in [0.1, 0.15) is 41.7 Å². The van der Waals surface area contributed by atoms with Gasteiger partial charge in [-0.2, -0.15) is 0 Å². The third-order valence-electron chi connectivity index (χ3n) is 3.03. The van der Waals surface area contributed by atoms with Gasteiger partial charge < -0.3 is 4.74 Å². The van der Waals surface area contributed by atoms with Crippen LogP contribution in [0.4, 0.5) is 0 Å². The van der Waals surface area contributed by atoms with E-state index in [1.807, 2.05) is 39.0 Å². The van der Waals surface area contributed by atoms with E-state index in [-0.39, 0.29) is 11.2 Å². The van der Waals surface area contributed by atoms with Gasteiger partial charge in [0.05, 0.1) is 17.3 Å². The Morgan fingerprint density at radius 2 is 2.10 bits per heavy atom. The molecule has 2 rings (SSSR count). The molecular formula is C15H17BrN2O2S. The van der Waals surface area contributed by atoms with Crippen molar-refractivity contribution >= 4 is 33.2 Å². The molecule has 1 aromatic heterocycles. The first-order chi connectivity index (χ1) is 9.82. The van der Waals surface area contributed by atoms with Gasteiger partial charge in [0.2, 0.25) is 0 Å². The van der Waals surface area contributed by atoms with Crippen molar-refractivity contribution in [3.8, 4) is 5.75 Å². The molecule has 0 N–H and O–H groups in total. The average molecular weight is 369 g/mol. The maximum atomic E-state index is 12.5. The first-order valence-corrected chi connectivity index (χ1v) is 8.08. The summed E-state index contributed by atoms with van der Waals surface area (Å²) in [4.78, 5) is 13.1. The summed E-state index contributed by atoms with van der Waals surface area (Å²) >= 11 is 4.60. The molecule has 0 radical (unpaired) electrons. The second kappa shape index (κ2) is 6.23. The standard InChI is InChI=1S/C15H17BrN2O2S/c1-15(2,3)14-13(21-18-17-14)11(19)8-9-5-6-12(20-4)10(16)7-9/h5-7H,8H2,1-4H3. The largest absolute Gasteiger partial charge is 0.496 e. The minimum absolute atomic E-state index is 0.0481. The lowest BCUT2D eigenvalue weighted by Gasteiger charge is -2.16. The Balaban J connectivity index is 2.23. The number of Topliss-reactive ketones (excluding diaryl/α,β-unsaturated/α-hetero) is 1. The number of ether oxygens (including phenoxy) is 1.